The zero-order chi connectivity index (χ0) is 24.5. The highest BCUT2D eigenvalue weighted by atomic mass is 35.5. The number of benzene rings is 3. The Balaban J connectivity index is 1.84. The maximum Gasteiger partial charge on any atom is 0.418 e. The Labute approximate surface area is 195 Å². The Bertz CT molecular complexity index is 1480. The zero-order valence-electron chi connectivity index (χ0n) is 17.2. The highest BCUT2D eigenvalue weighted by Crippen LogP contribution is 2.35. The van der Waals surface area contributed by atoms with Gasteiger partial charge in [-0.05, 0) is 42.5 Å². The van der Waals surface area contributed by atoms with E-state index in [-0.39, 0.29) is 21.9 Å². The van der Waals surface area contributed by atoms with Gasteiger partial charge >= 0.3 is 6.18 Å². The van der Waals surface area contributed by atoms with E-state index in [1.807, 2.05) is 0 Å². The summed E-state index contributed by atoms with van der Waals surface area (Å²) >= 11 is 5.80. The summed E-state index contributed by atoms with van der Waals surface area (Å²) in [6.07, 6.45) is -3.70. The number of halogens is 4. The van der Waals surface area contributed by atoms with Crippen LogP contribution in [-0.2, 0) is 6.18 Å². The van der Waals surface area contributed by atoms with Gasteiger partial charge in [-0.1, -0.05) is 41.9 Å². The second-order valence-corrected chi connectivity index (χ2v) is 7.58. The monoisotopic (exact) mass is 485 g/mol. The summed E-state index contributed by atoms with van der Waals surface area (Å²) in [5, 5.41) is 15.5. The molecule has 10 heteroatoms. The van der Waals surface area contributed by atoms with Crippen LogP contribution >= 0.6 is 11.6 Å². The minimum atomic E-state index is -4.77. The number of alkyl halides is 3. The van der Waals surface area contributed by atoms with E-state index < -0.39 is 34.8 Å². The van der Waals surface area contributed by atoms with Gasteiger partial charge in [0.05, 0.1) is 23.0 Å². The van der Waals surface area contributed by atoms with Gasteiger partial charge in [0.25, 0.3) is 11.5 Å². The number of nitrogens with one attached hydrogen (secondary N) is 1. The number of amides is 1. The lowest BCUT2D eigenvalue weighted by molar-refractivity contribution is -0.137. The van der Waals surface area contributed by atoms with Gasteiger partial charge in [-0.2, -0.15) is 18.3 Å². The number of nitrogens with zero attached hydrogens (tertiary/aromatic N) is 2. The molecule has 1 amide bonds. The molecule has 0 saturated carbocycles. The standard InChI is InChI=1S/C24H15ClF3N3O3/c25-15-11-9-14(10-12-15)21(32)30-29-13-18-16-5-1-2-6-17(16)22(33)31(23(18)34)20-8-4-3-7-19(20)24(26,27)28/h1-13,34H,(H,30,32)/b29-13+. The topological polar surface area (TPSA) is 83.7 Å². The van der Waals surface area contributed by atoms with Crippen LogP contribution in [0.2, 0.25) is 5.02 Å². The number of carbonyl (C=O) groups is 1. The lowest BCUT2D eigenvalue weighted by atomic mass is 10.1. The molecule has 4 rings (SSSR count). The number of hydrogen-bond acceptors (Lipinski definition) is 4. The van der Waals surface area contributed by atoms with Crippen molar-refractivity contribution in [2.24, 2.45) is 5.10 Å². The lowest BCUT2D eigenvalue weighted by Crippen LogP contribution is -2.23. The Morgan fingerprint density at radius 1 is 0.971 bits per heavy atom. The summed E-state index contributed by atoms with van der Waals surface area (Å²) in [7, 11) is 0. The molecule has 0 atom stereocenters. The fourth-order valence-corrected chi connectivity index (χ4v) is 3.57. The van der Waals surface area contributed by atoms with Crippen LogP contribution < -0.4 is 11.0 Å². The van der Waals surface area contributed by atoms with Crippen molar-refractivity contribution in [3.8, 4) is 11.6 Å². The first-order valence-corrected chi connectivity index (χ1v) is 10.2. The fourth-order valence-electron chi connectivity index (χ4n) is 3.44. The van der Waals surface area contributed by atoms with Gasteiger partial charge in [-0.3, -0.25) is 9.59 Å². The molecule has 172 valence electrons. The van der Waals surface area contributed by atoms with E-state index in [1.165, 1.54) is 48.5 Å². The van der Waals surface area contributed by atoms with E-state index in [9.17, 15) is 27.9 Å². The Hall–Kier alpha value is -4.11. The molecule has 0 fully saturated rings. The van der Waals surface area contributed by atoms with Crippen LogP contribution in [0.15, 0.2) is 82.7 Å². The first kappa shape index (κ1) is 23.1. The van der Waals surface area contributed by atoms with Gasteiger partial charge in [0.15, 0.2) is 0 Å². The van der Waals surface area contributed by atoms with E-state index in [4.69, 9.17) is 11.6 Å². The average Bonchev–Trinajstić information content (AvgIpc) is 2.81. The van der Waals surface area contributed by atoms with Crippen LogP contribution in [0.25, 0.3) is 16.5 Å². The maximum atomic E-state index is 13.6. The molecule has 0 bridgehead atoms. The second kappa shape index (κ2) is 9.03. The molecule has 0 unspecified atom stereocenters. The van der Waals surface area contributed by atoms with Gasteiger partial charge in [0, 0.05) is 21.4 Å². The number of aromatic nitrogens is 1. The van der Waals surface area contributed by atoms with Crippen molar-refractivity contribution >= 4 is 34.5 Å². The summed E-state index contributed by atoms with van der Waals surface area (Å²) in [5.74, 6) is -1.34. The molecule has 34 heavy (non-hydrogen) atoms. The molecular formula is C24H15ClF3N3O3. The number of aromatic hydroxyl groups is 1. The fraction of sp³-hybridized carbons (Fsp3) is 0.0417. The van der Waals surface area contributed by atoms with Crippen LogP contribution in [0.1, 0.15) is 21.5 Å². The highest BCUT2D eigenvalue weighted by Gasteiger charge is 2.34. The third-order valence-electron chi connectivity index (χ3n) is 5.02. The number of rotatable bonds is 4. The van der Waals surface area contributed by atoms with E-state index in [0.29, 0.717) is 9.59 Å². The van der Waals surface area contributed by atoms with Gasteiger partial charge in [-0.25, -0.2) is 9.99 Å². The molecule has 6 nitrogen and oxygen atoms in total. The second-order valence-electron chi connectivity index (χ2n) is 7.14. The summed E-state index contributed by atoms with van der Waals surface area (Å²) in [4.78, 5) is 25.4. The van der Waals surface area contributed by atoms with E-state index in [0.717, 1.165) is 18.3 Å². The predicted molar refractivity (Wildman–Crippen MR) is 123 cm³/mol. The SMILES string of the molecule is O=C(N/N=C/c1c(O)n(-c2ccccc2C(F)(F)F)c(=O)c2ccccc12)c1ccc(Cl)cc1. The molecule has 0 radical (unpaired) electrons. The van der Waals surface area contributed by atoms with Gasteiger partial charge in [0.1, 0.15) is 0 Å². The van der Waals surface area contributed by atoms with Crippen molar-refractivity contribution in [3.05, 3.63) is 105 Å². The third-order valence-corrected chi connectivity index (χ3v) is 5.27. The van der Waals surface area contributed by atoms with Crippen LogP contribution in [0.3, 0.4) is 0 Å². The molecular weight excluding hydrogens is 471 g/mol. The smallest absolute Gasteiger partial charge is 0.418 e. The zero-order valence-corrected chi connectivity index (χ0v) is 17.9. The molecule has 1 aromatic heterocycles. The molecule has 0 aliphatic carbocycles. The number of hydrazone groups is 1. The number of hydrogen-bond donors (Lipinski definition) is 2. The first-order valence-electron chi connectivity index (χ1n) is 9.81. The van der Waals surface area contributed by atoms with Crippen LogP contribution in [-0.4, -0.2) is 21.8 Å². The molecule has 0 saturated heterocycles. The number of para-hydroxylation sites is 1. The molecule has 0 aliphatic heterocycles. The van der Waals surface area contributed by atoms with Crippen LogP contribution in [0, 0.1) is 0 Å². The van der Waals surface area contributed by atoms with Crippen molar-refractivity contribution < 1.29 is 23.1 Å². The van der Waals surface area contributed by atoms with Crippen molar-refractivity contribution in [3.63, 3.8) is 0 Å². The van der Waals surface area contributed by atoms with Crippen molar-refractivity contribution in [2.75, 3.05) is 0 Å². The van der Waals surface area contributed by atoms with Gasteiger partial charge in [0.2, 0.25) is 5.88 Å². The minimum Gasteiger partial charge on any atom is -0.494 e. The van der Waals surface area contributed by atoms with Crippen molar-refractivity contribution in [2.45, 2.75) is 6.18 Å². The van der Waals surface area contributed by atoms with E-state index in [2.05, 4.69) is 10.5 Å². The number of carbonyl (C=O) groups excluding carboxylic acids is 1. The molecule has 0 aliphatic rings. The minimum absolute atomic E-state index is 0.0522. The number of fused-ring (bicyclic) bond motifs is 1. The predicted octanol–water partition coefficient (Wildman–Crippen LogP) is 5.13. The summed E-state index contributed by atoms with van der Waals surface area (Å²) < 4.78 is 41.4. The summed E-state index contributed by atoms with van der Waals surface area (Å²) in [6, 6.07) is 16.5. The highest BCUT2D eigenvalue weighted by molar-refractivity contribution is 6.30. The quantitative estimate of drug-likeness (QED) is 0.310. The van der Waals surface area contributed by atoms with Crippen LogP contribution in [0.4, 0.5) is 13.2 Å². The van der Waals surface area contributed by atoms with Crippen LogP contribution in [0.5, 0.6) is 5.88 Å². The maximum absolute atomic E-state index is 13.6. The van der Waals surface area contributed by atoms with E-state index in [1.54, 1.807) is 12.1 Å². The Kier molecular flexibility index (Phi) is 6.12. The number of pyridine rings is 1. The largest absolute Gasteiger partial charge is 0.494 e. The van der Waals surface area contributed by atoms with Crippen molar-refractivity contribution in [1.82, 2.24) is 9.99 Å². The third kappa shape index (κ3) is 4.38. The van der Waals surface area contributed by atoms with Gasteiger partial charge < -0.3 is 5.11 Å². The Morgan fingerprint density at radius 2 is 1.59 bits per heavy atom. The molecule has 2 N–H and O–H groups in total. The van der Waals surface area contributed by atoms with Crippen molar-refractivity contribution in [1.29, 1.82) is 0 Å². The molecule has 1 heterocycles. The normalized spacial score (nSPS) is 11.8. The average molecular weight is 486 g/mol. The Morgan fingerprint density at radius 3 is 2.26 bits per heavy atom. The lowest BCUT2D eigenvalue weighted by Gasteiger charge is -2.18. The summed E-state index contributed by atoms with van der Waals surface area (Å²) in [6.45, 7) is 0. The summed E-state index contributed by atoms with van der Waals surface area (Å²) in [5.41, 5.74) is 0.0135. The van der Waals surface area contributed by atoms with E-state index >= 15 is 0 Å². The molecule has 0 spiro atoms. The van der Waals surface area contributed by atoms with Gasteiger partial charge in [-0.15, -0.1) is 0 Å². The first-order chi connectivity index (χ1) is 16.2. The molecule has 4 aromatic rings. The molecule has 3 aromatic carbocycles.